The highest BCUT2D eigenvalue weighted by molar-refractivity contribution is 5.86. The topological polar surface area (TPSA) is 78.9 Å². The van der Waals surface area contributed by atoms with Gasteiger partial charge in [-0.25, -0.2) is 20.0 Å². The van der Waals surface area contributed by atoms with Crippen molar-refractivity contribution < 1.29 is 19.4 Å². The molecule has 2 aromatic carbocycles. The number of hydrogen-bond acceptors (Lipinski definition) is 4. The third-order valence-electron chi connectivity index (χ3n) is 8.27. The Balaban J connectivity index is 1.46. The van der Waals surface area contributed by atoms with Crippen LogP contribution in [0.1, 0.15) is 56.6 Å². The van der Waals surface area contributed by atoms with Gasteiger partial charge in [0.2, 0.25) is 0 Å². The standard InChI is InChI=1S/C29H34N2O4/c1-3-31(30-2)28(34)35-25-9-6-22(7-10-25)24-5-4-23(8-11-27(32)33)26(15-24)29-16-19-12-20(17-29)14-21(13-19)18-29/h4-11,15,19-21,30H,3,12-14,16-18H2,1-2H3,(H,32,33). The van der Waals surface area contributed by atoms with Crippen molar-refractivity contribution in [2.75, 3.05) is 13.6 Å². The second-order valence-corrected chi connectivity index (χ2v) is 10.5. The summed E-state index contributed by atoms with van der Waals surface area (Å²) in [7, 11) is 1.69. The number of benzene rings is 2. The largest absolute Gasteiger partial charge is 0.478 e. The van der Waals surface area contributed by atoms with Crippen LogP contribution in [-0.4, -0.2) is 35.8 Å². The van der Waals surface area contributed by atoms with Crippen LogP contribution in [0, 0.1) is 17.8 Å². The maximum absolute atomic E-state index is 12.2. The Morgan fingerprint density at radius 1 is 1.03 bits per heavy atom. The van der Waals surface area contributed by atoms with E-state index in [1.165, 1.54) is 55.2 Å². The van der Waals surface area contributed by atoms with E-state index < -0.39 is 12.1 Å². The lowest BCUT2D eigenvalue weighted by molar-refractivity contribution is -0.131. The molecular formula is C29H34N2O4. The summed E-state index contributed by atoms with van der Waals surface area (Å²) in [5, 5.41) is 10.7. The van der Waals surface area contributed by atoms with E-state index in [1.807, 2.05) is 31.2 Å². The predicted octanol–water partition coefficient (Wildman–Crippen LogP) is 5.87. The monoisotopic (exact) mass is 474 g/mol. The van der Waals surface area contributed by atoms with Crippen LogP contribution < -0.4 is 10.2 Å². The zero-order valence-electron chi connectivity index (χ0n) is 20.5. The maximum atomic E-state index is 12.2. The third kappa shape index (κ3) is 4.72. The fourth-order valence-corrected chi connectivity index (χ4v) is 7.19. The van der Waals surface area contributed by atoms with Crippen LogP contribution >= 0.6 is 0 Å². The Kier molecular flexibility index (Phi) is 6.41. The lowest BCUT2D eigenvalue weighted by Crippen LogP contribution is -2.48. The maximum Gasteiger partial charge on any atom is 0.429 e. The first kappa shape index (κ1) is 23.6. The average molecular weight is 475 g/mol. The zero-order chi connectivity index (χ0) is 24.6. The van der Waals surface area contributed by atoms with E-state index >= 15 is 0 Å². The molecular weight excluding hydrogens is 440 g/mol. The van der Waals surface area contributed by atoms with Gasteiger partial charge < -0.3 is 9.84 Å². The number of aliphatic carboxylic acids is 1. The summed E-state index contributed by atoms with van der Waals surface area (Å²) in [6.45, 7) is 2.38. The molecule has 0 atom stereocenters. The summed E-state index contributed by atoms with van der Waals surface area (Å²) in [4.78, 5) is 23.5. The van der Waals surface area contributed by atoms with Crippen molar-refractivity contribution in [1.82, 2.24) is 10.4 Å². The van der Waals surface area contributed by atoms with Crippen molar-refractivity contribution >= 4 is 18.1 Å². The molecule has 4 aliphatic rings. The zero-order valence-corrected chi connectivity index (χ0v) is 20.5. The summed E-state index contributed by atoms with van der Waals surface area (Å²) in [5.41, 5.74) is 7.43. The van der Waals surface area contributed by atoms with E-state index in [4.69, 9.17) is 4.74 Å². The third-order valence-corrected chi connectivity index (χ3v) is 8.27. The number of hydrazine groups is 1. The number of rotatable bonds is 7. The van der Waals surface area contributed by atoms with Crippen molar-refractivity contribution in [3.63, 3.8) is 0 Å². The number of carbonyl (C=O) groups excluding carboxylic acids is 1. The fourth-order valence-electron chi connectivity index (χ4n) is 7.19. The van der Waals surface area contributed by atoms with Gasteiger partial charge in [0.25, 0.3) is 0 Å². The smallest absolute Gasteiger partial charge is 0.429 e. The van der Waals surface area contributed by atoms with Crippen LogP contribution in [0.3, 0.4) is 0 Å². The molecule has 2 aromatic rings. The number of ether oxygens (including phenoxy) is 1. The normalized spacial score (nSPS) is 26.7. The van der Waals surface area contributed by atoms with Crippen molar-refractivity contribution in [1.29, 1.82) is 0 Å². The van der Waals surface area contributed by atoms with Crippen LogP contribution in [0.15, 0.2) is 48.5 Å². The minimum Gasteiger partial charge on any atom is -0.478 e. The Labute approximate surface area is 206 Å². The summed E-state index contributed by atoms with van der Waals surface area (Å²) in [6.07, 6.45) is 10.3. The van der Waals surface area contributed by atoms with E-state index in [9.17, 15) is 14.7 Å². The van der Waals surface area contributed by atoms with E-state index in [0.29, 0.717) is 12.3 Å². The van der Waals surface area contributed by atoms with Gasteiger partial charge in [0, 0.05) is 19.7 Å². The molecule has 0 saturated heterocycles. The van der Waals surface area contributed by atoms with Gasteiger partial charge in [0.1, 0.15) is 5.75 Å². The molecule has 0 heterocycles. The van der Waals surface area contributed by atoms with Gasteiger partial charge in [0.15, 0.2) is 0 Å². The van der Waals surface area contributed by atoms with Crippen LogP contribution in [0.25, 0.3) is 17.2 Å². The van der Waals surface area contributed by atoms with Crippen molar-refractivity contribution in [2.24, 2.45) is 17.8 Å². The number of carbonyl (C=O) groups is 2. The highest BCUT2D eigenvalue weighted by Gasteiger charge is 2.52. The van der Waals surface area contributed by atoms with E-state index in [1.54, 1.807) is 13.1 Å². The number of nitrogens with one attached hydrogen (secondary N) is 1. The fraction of sp³-hybridized carbons (Fsp3) is 0.448. The van der Waals surface area contributed by atoms with Gasteiger partial charge in [-0.05, 0) is 115 Å². The van der Waals surface area contributed by atoms with Crippen LogP contribution in [0.2, 0.25) is 0 Å². The molecule has 1 amide bonds. The second-order valence-electron chi connectivity index (χ2n) is 10.5. The first-order valence-electron chi connectivity index (χ1n) is 12.7. The van der Waals surface area contributed by atoms with Gasteiger partial charge in [-0.1, -0.05) is 24.3 Å². The number of carboxylic acid groups (broad SMARTS) is 1. The molecule has 2 N–H and O–H groups in total. The average Bonchev–Trinajstić information content (AvgIpc) is 2.83. The predicted molar refractivity (Wildman–Crippen MR) is 136 cm³/mol. The van der Waals surface area contributed by atoms with E-state index in [-0.39, 0.29) is 5.41 Å². The molecule has 0 aliphatic heterocycles. The van der Waals surface area contributed by atoms with Crippen molar-refractivity contribution in [3.05, 3.63) is 59.7 Å². The summed E-state index contributed by atoms with van der Waals surface area (Å²) in [5.74, 6) is 1.98. The minimum atomic E-state index is -0.921. The van der Waals surface area contributed by atoms with Gasteiger partial charge in [0.05, 0.1) is 0 Å². The lowest BCUT2D eigenvalue weighted by atomic mass is 9.47. The molecule has 0 unspecified atom stereocenters. The Morgan fingerprint density at radius 2 is 1.63 bits per heavy atom. The number of hydrogen-bond donors (Lipinski definition) is 2. The van der Waals surface area contributed by atoms with Crippen LogP contribution in [0.4, 0.5) is 4.79 Å². The molecule has 4 fully saturated rings. The Hall–Kier alpha value is -3.12. The molecule has 0 aromatic heterocycles. The Bertz CT molecular complexity index is 1100. The number of nitrogens with zero attached hydrogens (tertiary/aromatic N) is 1. The molecule has 4 saturated carbocycles. The SMILES string of the molecule is CCN(NC)C(=O)Oc1ccc(-c2ccc(C=CC(=O)O)c(C34CC5CC(CC(C5)C3)C4)c2)cc1. The van der Waals surface area contributed by atoms with Crippen LogP contribution in [0.5, 0.6) is 5.75 Å². The van der Waals surface area contributed by atoms with Gasteiger partial charge in [-0.15, -0.1) is 0 Å². The van der Waals surface area contributed by atoms with E-state index in [0.717, 1.165) is 34.4 Å². The molecule has 0 radical (unpaired) electrons. The quantitative estimate of drug-likeness (QED) is 0.387. The molecule has 6 heteroatoms. The van der Waals surface area contributed by atoms with E-state index in [2.05, 4.69) is 23.6 Å². The Morgan fingerprint density at radius 3 is 2.17 bits per heavy atom. The van der Waals surface area contributed by atoms with Gasteiger partial charge >= 0.3 is 12.1 Å². The molecule has 6 rings (SSSR count). The second kappa shape index (κ2) is 9.50. The lowest BCUT2D eigenvalue weighted by Gasteiger charge is -2.57. The van der Waals surface area contributed by atoms with Crippen molar-refractivity contribution in [2.45, 2.75) is 50.9 Å². The van der Waals surface area contributed by atoms with Gasteiger partial charge in [-0.2, -0.15) is 0 Å². The molecule has 6 nitrogen and oxygen atoms in total. The highest BCUT2D eigenvalue weighted by atomic mass is 16.6. The highest BCUT2D eigenvalue weighted by Crippen LogP contribution is 2.61. The first-order valence-corrected chi connectivity index (χ1v) is 12.7. The summed E-state index contributed by atoms with van der Waals surface area (Å²) >= 11 is 0. The van der Waals surface area contributed by atoms with Crippen molar-refractivity contribution in [3.8, 4) is 16.9 Å². The number of carboxylic acids is 1. The summed E-state index contributed by atoms with van der Waals surface area (Å²) < 4.78 is 5.47. The molecule has 35 heavy (non-hydrogen) atoms. The molecule has 4 bridgehead atoms. The molecule has 0 spiro atoms. The minimum absolute atomic E-state index is 0.148. The number of amides is 1. The van der Waals surface area contributed by atoms with Gasteiger partial charge in [-0.3, -0.25) is 0 Å². The molecule has 4 aliphatic carbocycles. The van der Waals surface area contributed by atoms with Crippen LogP contribution in [-0.2, 0) is 10.2 Å². The first-order chi connectivity index (χ1) is 16.9. The summed E-state index contributed by atoms with van der Waals surface area (Å²) in [6, 6.07) is 14.0. The molecule has 184 valence electrons.